The lowest BCUT2D eigenvalue weighted by Gasteiger charge is -1.93. The summed E-state index contributed by atoms with van der Waals surface area (Å²) in [5, 5.41) is 0.896. The summed E-state index contributed by atoms with van der Waals surface area (Å²) in [7, 11) is 1.39. The lowest BCUT2D eigenvalue weighted by atomic mass is 10.3. The third-order valence-corrected chi connectivity index (χ3v) is 4.92. The van der Waals surface area contributed by atoms with E-state index >= 15 is 0 Å². The monoisotopic (exact) mass is 267 g/mol. The van der Waals surface area contributed by atoms with E-state index in [1.807, 2.05) is 6.92 Å². The maximum Gasteiger partial charge on any atom is 0.349 e. The zero-order chi connectivity index (χ0) is 12.4. The second-order valence-corrected chi connectivity index (χ2v) is 5.71. The fraction of sp³-hybridized carbons (Fsp3) is 0.333. The van der Waals surface area contributed by atoms with E-state index in [-0.39, 0.29) is 5.97 Å². The van der Waals surface area contributed by atoms with Crippen LogP contribution in [0.5, 0.6) is 0 Å². The Bertz CT molecular complexity index is 542. The van der Waals surface area contributed by atoms with Crippen molar-refractivity contribution in [1.29, 1.82) is 0 Å². The van der Waals surface area contributed by atoms with E-state index in [1.165, 1.54) is 23.3 Å². The molecule has 0 aromatic carbocycles. The van der Waals surface area contributed by atoms with Gasteiger partial charge in [-0.3, -0.25) is 0 Å². The molecule has 2 heterocycles. The first-order valence-corrected chi connectivity index (χ1v) is 6.93. The van der Waals surface area contributed by atoms with Crippen molar-refractivity contribution in [3.63, 3.8) is 0 Å². The van der Waals surface area contributed by atoms with Crippen LogP contribution in [-0.2, 0) is 11.2 Å². The molecule has 5 heteroatoms. The van der Waals surface area contributed by atoms with E-state index in [1.54, 1.807) is 11.3 Å². The maximum absolute atomic E-state index is 11.5. The highest BCUT2D eigenvalue weighted by molar-refractivity contribution is 7.22. The molecule has 0 radical (unpaired) electrons. The van der Waals surface area contributed by atoms with Crippen molar-refractivity contribution >= 4 is 28.6 Å². The molecule has 2 rings (SSSR count). The van der Waals surface area contributed by atoms with Gasteiger partial charge in [-0.2, -0.15) is 0 Å². The highest BCUT2D eigenvalue weighted by Crippen LogP contribution is 2.33. The number of nitrogens with zero attached hydrogens (tertiary/aromatic N) is 1. The van der Waals surface area contributed by atoms with Gasteiger partial charge in [0.15, 0.2) is 0 Å². The summed E-state index contributed by atoms with van der Waals surface area (Å²) in [6.07, 6.45) is 1.03. The molecule has 0 saturated carbocycles. The van der Waals surface area contributed by atoms with Crippen LogP contribution in [0.3, 0.4) is 0 Å². The second-order valence-electron chi connectivity index (χ2n) is 3.54. The van der Waals surface area contributed by atoms with Gasteiger partial charge in [0.1, 0.15) is 9.88 Å². The van der Waals surface area contributed by atoms with Crippen LogP contribution >= 0.6 is 22.7 Å². The summed E-state index contributed by atoms with van der Waals surface area (Å²) in [4.78, 5) is 19.0. The number of thiazole rings is 1. The number of aryl methyl sites for hydroxylation is 2. The number of methoxy groups -OCH3 is 1. The summed E-state index contributed by atoms with van der Waals surface area (Å²) in [6.45, 7) is 3.96. The van der Waals surface area contributed by atoms with Crippen molar-refractivity contribution in [2.75, 3.05) is 7.11 Å². The van der Waals surface area contributed by atoms with Crippen molar-refractivity contribution < 1.29 is 9.53 Å². The molecule has 0 amide bonds. The first-order valence-electron chi connectivity index (χ1n) is 5.30. The molecule has 0 atom stereocenters. The molecule has 0 unspecified atom stereocenters. The predicted molar refractivity (Wildman–Crippen MR) is 70.9 cm³/mol. The van der Waals surface area contributed by atoms with Gasteiger partial charge in [0.25, 0.3) is 0 Å². The van der Waals surface area contributed by atoms with E-state index in [0.717, 1.165) is 22.0 Å². The number of thiophene rings is 1. The Morgan fingerprint density at radius 2 is 2.18 bits per heavy atom. The maximum atomic E-state index is 11.5. The molecule has 0 bridgehead atoms. The third kappa shape index (κ3) is 2.40. The summed E-state index contributed by atoms with van der Waals surface area (Å²) in [5.74, 6) is -0.307. The van der Waals surface area contributed by atoms with Gasteiger partial charge < -0.3 is 4.74 Å². The quantitative estimate of drug-likeness (QED) is 0.799. The van der Waals surface area contributed by atoms with Gasteiger partial charge >= 0.3 is 5.97 Å². The van der Waals surface area contributed by atoms with Gasteiger partial charge in [-0.1, -0.05) is 6.92 Å². The van der Waals surface area contributed by atoms with Crippen molar-refractivity contribution in [2.24, 2.45) is 0 Å². The molecule has 0 saturated heterocycles. The molecular weight excluding hydrogens is 254 g/mol. The van der Waals surface area contributed by atoms with Gasteiger partial charge in [0, 0.05) is 4.88 Å². The molecule has 0 aliphatic carbocycles. The van der Waals surface area contributed by atoms with Crippen LogP contribution in [0.15, 0.2) is 12.1 Å². The molecule has 0 fully saturated rings. The highest BCUT2D eigenvalue weighted by atomic mass is 32.1. The van der Waals surface area contributed by atoms with E-state index in [0.29, 0.717) is 4.88 Å². The van der Waals surface area contributed by atoms with Crippen LogP contribution in [-0.4, -0.2) is 18.1 Å². The minimum Gasteiger partial charge on any atom is -0.465 e. The van der Waals surface area contributed by atoms with Crippen molar-refractivity contribution in [3.05, 3.63) is 27.6 Å². The van der Waals surface area contributed by atoms with Crippen LogP contribution in [0.4, 0.5) is 0 Å². The summed E-state index contributed by atoms with van der Waals surface area (Å²) >= 11 is 3.12. The molecule has 17 heavy (non-hydrogen) atoms. The SMILES string of the molecule is CCc1ccc(-c2nc(C)c(C(=O)OC)s2)s1. The average molecular weight is 267 g/mol. The number of carbonyl (C=O) groups is 1. The molecule has 0 aliphatic heterocycles. The molecule has 90 valence electrons. The average Bonchev–Trinajstić information content (AvgIpc) is 2.94. The van der Waals surface area contributed by atoms with Crippen molar-refractivity contribution in [3.8, 4) is 9.88 Å². The normalized spacial score (nSPS) is 10.5. The lowest BCUT2D eigenvalue weighted by molar-refractivity contribution is 0.0605. The smallest absolute Gasteiger partial charge is 0.349 e. The topological polar surface area (TPSA) is 39.2 Å². The molecular formula is C12H13NO2S2. The standard InChI is InChI=1S/C12H13NO2S2/c1-4-8-5-6-9(16-8)11-13-7(2)10(17-11)12(14)15-3/h5-6H,4H2,1-3H3. The molecule has 0 aliphatic rings. The highest BCUT2D eigenvalue weighted by Gasteiger charge is 2.17. The summed E-state index contributed by atoms with van der Waals surface area (Å²) < 4.78 is 4.73. The number of ether oxygens (including phenoxy) is 1. The fourth-order valence-corrected chi connectivity index (χ4v) is 3.45. The van der Waals surface area contributed by atoms with Gasteiger partial charge in [0.05, 0.1) is 17.7 Å². The molecule has 3 nitrogen and oxygen atoms in total. The van der Waals surface area contributed by atoms with Crippen LogP contribution in [0.2, 0.25) is 0 Å². The number of hydrogen-bond donors (Lipinski definition) is 0. The minimum absolute atomic E-state index is 0.307. The summed E-state index contributed by atoms with van der Waals surface area (Å²) in [6, 6.07) is 4.16. The van der Waals surface area contributed by atoms with E-state index < -0.39 is 0 Å². The van der Waals surface area contributed by atoms with Crippen LogP contribution < -0.4 is 0 Å². The van der Waals surface area contributed by atoms with Crippen LogP contribution in [0.1, 0.15) is 27.2 Å². The Morgan fingerprint density at radius 3 is 2.76 bits per heavy atom. The number of esters is 1. The number of hydrogen-bond acceptors (Lipinski definition) is 5. The van der Waals surface area contributed by atoms with E-state index in [4.69, 9.17) is 4.74 Å². The van der Waals surface area contributed by atoms with E-state index in [9.17, 15) is 4.79 Å². The van der Waals surface area contributed by atoms with Crippen LogP contribution in [0, 0.1) is 6.92 Å². The Hall–Kier alpha value is -1.20. The second kappa shape index (κ2) is 4.98. The van der Waals surface area contributed by atoms with Crippen LogP contribution in [0.25, 0.3) is 9.88 Å². The Balaban J connectivity index is 2.37. The number of aromatic nitrogens is 1. The third-order valence-electron chi connectivity index (χ3n) is 2.39. The number of carbonyl (C=O) groups excluding carboxylic acids is 1. The fourth-order valence-electron chi connectivity index (χ4n) is 1.47. The van der Waals surface area contributed by atoms with Gasteiger partial charge in [-0.15, -0.1) is 22.7 Å². The van der Waals surface area contributed by atoms with Gasteiger partial charge in [-0.25, -0.2) is 9.78 Å². The number of rotatable bonds is 3. The Kier molecular flexibility index (Phi) is 3.59. The molecule has 2 aromatic rings. The van der Waals surface area contributed by atoms with Crippen molar-refractivity contribution in [2.45, 2.75) is 20.3 Å². The predicted octanol–water partition coefficient (Wildman–Crippen LogP) is 3.53. The Morgan fingerprint density at radius 1 is 1.41 bits per heavy atom. The first kappa shape index (κ1) is 12.3. The lowest BCUT2D eigenvalue weighted by Crippen LogP contribution is -1.99. The molecule has 2 aromatic heterocycles. The minimum atomic E-state index is -0.307. The van der Waals surface area contributed by atoms with E-state index in [2.05, 4.69) is 24.0 Å². The Labute approximate surface area is 108 Å². The van der Waals surface area contributed by atoms with Gasteiger partial charge in [-0.05, 0) is 25.5 Å². The molecule has 0 N–H and O–H groups in total. The van der Waals surface area contributed by atoms with Gasteiger partial charge in [0.2, 0.25) is 0 Å². The zero-order valence-corrected chi connectivity index (χ0v) is 11.6. The molecule has 0 spiro atoms. The zero-order valence-electron chi connectivity index (χ0n) is 9.94. The first-order chi connectivity index (χ1) is 8.15. The van der Waals surface area contributed by atoms with Crippen molar-refractivity contribution in [1.82, 2.24) is 4.98 Å². The summed E-state index contributed by atoms with van der Waals surface area (Å²) in [5.41, 5.74) is 0.739. The largest absolute Gasteiger partial charge is 0.465 e.